The number of alkyl halides is 1. The number of halogens is 1. The number of ether oxygens (including phenoxy) is 1. The van der Waals surface area contributed by atoms with Gasteiger partial charge in [0.2, 0.25) is 0 Å². The van der Waals surface area contributed by atoms with Gasteiger partial charge in [-0.3, -0.25) is 4.98 Å². The Morgan fingerprint density at radius 1 is 1.32 bits per heavy atom. The number of carbonyl (C=O) groups is 1. The first-order valence-electron chi connectivity index (χ1n) is 5.61. The van der Waals surface area contributed by atoms with E-state index < -0.39 is 5.97 Å². The van der Waals surface area contributed by atoms with Gasteiger partial charge in [0, 0.05) is 18.6 Å². The highest BCUT2D eigenvalue weighted by molar-refractivity contribution is 6.17. The van der Waals surface area contributed by atoms with E-state index in [0.717, 1.165) is 0 Å². The maximum absolute atomic E-state index is 11.7. The van der Waals surface area contributed by atoms with Crippen molar-refractivity contribution < 1.29 is 9.53 Å². The molecule has 0 fully saturated rings. The van der Waals surface area contributed by atoms with Crippen LogP contribution in [0.3, 0.4) is 0 Å². The lowest BCUT2D eigenvalue weighted by Crippen LogP contribution is -2.10. The normalized spacial score (nSPS) is 10.2. The summed E-state index contributed by atoms with van der Waals surface area (Å²) in [6.45, 7) is 2.01. The van der Waals surface area contributed by atoms with Crippen molar-refractivity contribution in [2.45, 2.75) is 12.8 Å². The third-order valence-electron chi connectivity index (χ3n) is 2.28. The number of hydrogen-bond donors (Lipinski definition) is 0. The molecule has 0 aliphatic carbocycles. The zero-order valence-corrected chi connectivity index (χ0v) is 11.0. The van der Waals surface area contributed by atoms with Crippen LogP contribution >= 0.6 is 11.6 Å². The van der Waals surface area contributed by atoms with Crippen LogP contribution < -0.4 is 0 Å². The SMILES string of the molecule is CCOC(=O)c1cnc(-c2cnccn2)nc1CCl. The van der Waals surface area contributed by atoms with E-state index in [9.17, 15) is 4.79 Å². The largest absolute Gasteiger partial charge is 0.462 e. The summed E-state index contributed by atoms with van der Waals surface area (Å²) in [4.78, 5) is 28.0. The number of rotatable bonds is 4. The van der Waals surface area contributed by atoms with E-state index in [-0.39, 0.29) is 18.1 Å². The number of nitrogens with zero attached hydrogens (tertiary/aromatic N) is 4. The van der Waals surface area contributed by atoms with Crippen LogP contribution in [0.1, 0.15) is 23.0 Å². The molecule has 2 rings (SSSR count). The van der Waals surface area contributed by atoms with Crippen molar-refractivity contribution in [3.05, 3.63) is 36.0 Å². The van der Waals surface area contributed by atoms with Crippen LogP contribution in [0.4, 0.5) is 0 Å². The summed E-state index contributed by atoms with van der Waals surface area (Å²) >= 11 is 5.80. The van der Waals surface area contributed by atoms with Gasteiger partial charge in [-0.25, -0.2) is 19.7 Å². The molecule has 0 atom stereocenters. The Morgan fingerprint density at radius 3 is 2.79 bits per heavy atom. The highest BCUT2D eigenvalue weighted by Crippen LogP contribution is 2.15. The molecule has 6 nitrogen and oxygen atoms in total. The lowest BCUT2D eigenvalue weighted by atomic mass is 10.2. The zero-order chi connectivity index (χ0) is 13.7. The van der Waals surface area contributed by atoms with Crippen LogP contribution in [0.2, 0.25) is 0 Å². The Kier molecular flexibility index (Phi) is 4.35. The maximum Gasteiger partial charge on any atom is 0.341 e. The molecule has 0 amide bonds. The highest BCUT2D eigenvalue weighted by Gasteiger charge is 2.16. The fraction of sp³-hybridized carbons (Fsp3) is 0.250. The molecule has 0 saturated carbocycles. The van der Waals surface area contributed by atoms with E-state index in [1.807, 2.05) is 0 Å². The number of aromatic nitrogens is 4. The molecule has 2 aromatic heterocycles. The van der Waals surface area contributed by atoms with E-state index in [1.165, 1.54) is 12.4 Å². The van der Waals surface area contributed by atoms with Gasteiger partial charge in [-0.1, -0.05) is 0 Å². The Bertz CT molecular complexity index is 577. The summed E-state index contributed by atoms with van der Waals surface area (Å²) in [5.41, 5.74) is 1.20. The second-order valence-electron chi connectivity index (χ2n) is 3.50. The number of carbonyl (C=O) groups excluding carboxylic acids is 1. The summed E-state index contributed by atoms with van der Waals surface area (Å²) in [6, 6.07) is 0. The van der Waals surface area contributed by atoms with Gasteiger partial charge in [-0.05, 0) is 6.92 Å². The molecule has 0 bridgehead atoms. The molecule has 2 aromatic rings. The third-order valence-corrected chi connectivity index (χ3v) is 2.54. The second kappa shape index (κ2) is 6.19. The molecule has 0 saturated heterocycles. The quantitative estimate of drug-likeness (QED) is 0.627. The molecular weight excluding hydrogens is 268 g/mol. The molecule has 2 heterocycles. The molecule has 0 aromatic carbocycles. The van der Waals surface area contributed by atoms with E-state index >= 15 is 0 Å². The van der Waals surface area contributed by atoms with Crippen molar-refractivity contribution in [2.75, 3.05) is 6.61 Å². The first-order valence-corrected chi connectivity index (χ1v) is 6.15. The smallest absolute Gasteiger partial charge is 0.341 e. The third kappa shape index (κ3) is 3.03. The molecule has 0 N–H and O–H groups in total. The molecule has 0 aliphatic rings. The lowest BCUT2D eigenvalue weighted by Gasteiger charge is -2.07. The van der Waals surface area contributed by atoms with Crippen molar-refractivity contribution >= 4 is 17.6 Å². The fourth-order valence-electron chi connectivity index (χ4n) is 1.44. The second-order valence-corrected chi connectivity index (χ2v) is 3.77. The van der Waals surface area contributed by atoms with Gasteiger partial charge in [0.05, 0.1) is 24.4 Å². The predicted molar refractivity (Wildman–Crippen MR) is 68.6 cm³/mol. The fourth-order valence-corrected chi connectivity index (χ4v) is 1.64. The highest BCUT2D eigenvalue weighted by atomic mass is 35.5. The van der Waals surface area contributed by atoms with Crippen LogP contribution in [-0.4, -0.2) is 32.5 Å². The molecule has 0 unspecified atom stereocenters. The van der Waals surface area contributed by atoms with Crippen molar-refractivity contribution in [3.63, 3.8) is 0 Å². The van der Waals surface area contributed by atoms with Gasteiger partial charge in [-0.15, -0.1) is 11.6 Å². The maximum atomic E-state index is 11.7. The summed E-state index contributed by atoms with van der Waals surface area (Å²) < 4.78 is 4.91. The average Bonchev–Trinajstić information content (AvgIpc) is 2.47. The predicted octanol–water partition coefficient (Wildman–Crippen LogP) is 1.85. The van der Waals surface area contributed by atoms with Crippen molar-refractivity contribution in [2.24, 2.45) is 0 Å². The Morgan fingerprint density at radius 2 is 2.16 bits per heavy atom. The molecule has 7 heteroatoms. The van der Waals surface area contributed by atoms with Crippen LogP contribution in [0.15, 0.2) is 24.8 Å². The molecule has 0 spiro atoms. The molecule has 19 heavy (non-hydrogen) atoms. The Labute approximate surface area is 114 Å². The minimum absolute atomic E-state index is 0.0872. The number of esters is 1. The summed E-state index contributed by atoms with van der Waals surface area (Å²) in [6.07, 6.45) is 6.03. The minimum atomic E-state index is -0.483. The van der Waals surface area contributed by atoms with Gasteiger partial charge in [-0.2, -0.15) is 0 Å². The summed E-state index contributed by atoms with van der Waals surface area (Å²) in [5, 5.41) is 0. The molecule has 0 radical (unpaired) electrons. The zero-order valence-electron chi connectivity index (χ0n) is 10.2. The summed E-state index contributed by atoms with van der Waals surface area (Å²) in [7, 11) is 0. The van der Waals surface area contributed by atoms with E-state index in [2.05, 4.69) is 19.9 Å². The van der Waals surface area contributed by atoms with Gasteiger partial charge in [0.15, 0.2) is 5.82 Å². The molecule has 0 aliphatic heterocycles. The van der Waals surface area contributed by atoms with Gasteiger partial charge < -0.3 is 4.74 Å². The van der Waals surface area contributed by atoms with E-state index in [0.29, 0.717) is 17.2 Å². The monoisotopic (exact) mass is 278 g/mol. The van der Waals surface area contributed by atoms with Crippen molar-refractivity contribution in [1.29, 1.82) is 0 Å². The van der Waals surface area contributed by atoms with Crippen molar-refractivity contribution in [1.82, 2.24) is 19.9 Å². The first kappa shape index (κ1) is 13.4. The van der Waals surface area contributed by atoms with E-state index in [1.54, 1.807) is 19.3 Å². The van der Waals surface area contributed by atoms with Crippen LogP contribution in [0.5, 0.6) is 0 Å². The van der Waals surface area contributed by atoms with Crippen LogP contribution in [0.25, 0.3) is 11.5 Å². The Balaban J connectivity index is 2.39. The Hall–Kier alpha value is -2.08. The van der Waals surface area contributed by atoms with Crippen molar-refractivity contribution in [3.8, 4) is 11.5 Å². The molecular formula is C12H11ClN4O2. The average molecular weight is 279 g/mol. The van der Waals surface area contributed by atoms with Gasteiger partial charge in [0.25, 0.3) is 0 Å². The topological polar surface area (TPSA) is 77.9 Å². The molecule has 98 valence electrons. The van der Waals surface area contributed by atoms with Crippen LogP contribution in [-0.2, 0) is 10.6 Å². The van der Waals surface area contributed by atoms with Gasteiger partial charge in [0.1, 0.15) is 11.3 Å². The minimum Gasteiger partial charge on any atom is -0.462 e. The summed E-state index contributed by atoms with van der Waals surface area (Å²) in [5.74, 6) is -0.0233. The van der Waals surface area contributed by atoms with Gasteiger partial charge >= 0.3 is 5.97 Å². The van der Waals surface area contributed by atoms with Crippen LogP contribution in [0, 0.1) is 0 Å². The standard InChI is InChI=1S/C12H11ClN4O2/c1-2-19-12(18)8-6-16-11(17-9(8)5-13)10-7-14-3-4-15-10/h3-4,6-7H,2,5H2,1H3. The first-order chi connectivity index (χ1) is 9.26. The number of hydrogen-bond acceptors (Lipinski definition) is 6. The van der Waals surface area contributed by atoms with E-state index in [4.69, 9.17) is 16.3 Å². The lowest BCUT2D eigenvalue weighted by molar-refractivity contribution is 0.0524.